The Hall–Kier alpha value is -2.16. The van der Waals surface area contributed by atoms with Crippen molar-refractivity contribution in [1.82, 2.24) is 10.2 Å². The van der Waals surface area contributed by atoms with Gasteiger partial charge in [-0.15, -0.1) is 5.10 Å². The molecule has 112 valence electrons. The van der Waals surface area contributed by atoms with Crippen molar-refractivity contribution >= 4 is 11.8 Å². The average molecular weight is 288 g/mol. The number of anilines is 1. The third-order valence-corrected chi connectivity index (χ3v) is 3.77. The summed E-state index contributed by atoms with van der Waals surface area (Å²) < 4.78 is 0. The second-order valence-corrected chi connectivity index (χ2v) is 5.21. The van der Waals surface area contributed by atoms with Crippen molar-refractivity contribution in [2.24, 2.45) is 0 Å². The van der Waals surface area contributed by atoms with Gasteiger partial charge in [0.2, 0.25) is 0 Å². The number of aromatic nitrogens is 2. The second kappa shape index (κ2) is 6.53. The Bertz CT molecular complexity index is 576. The lowest BCUT2D eigenvalue weighted by molar-refractivity contribution is -0.136. The monoisotopic (exact) mass is 288 g/mol. The van der Waals surface area contributed by atoms with E-state index in [4.69, 9.17) is 5.11 Å². The molecule has 0 bridgehead atoms. The van der Waals surface area contributed by atoms with Crippen LogP contribution in [0.15, 0.2) is 0 Å². The fraction of sp³-hybridized carbons (Fsp3) is 0.600. The largest absolute Gasteiger partial charge is 0.481 e. The first-order valence-corrected chi connectivity index (χ1v) is 7.39. The third kappa shape index (κ3) is 3.30. The highest BCUT2D eigenvalue weighted by Crippen LogP contribution is 2.33. The maximum absolute atomic E-state index is 10.8. The number of hydrogen-bond donors (Lipinski definition) is 1. The van der Waals surface area contributed by atoms with Gasteiger partial charge in [0.15, 0.2) is 5.82 Å². The van der Waals surface area contributed by atoms with Gasteiger partial charge in [-0.3, -0.25) is 4.79 Å². The molecule has 0 aromatic carbocycles. The maximum Gasteiger partial charge on any atom is 0.305 e. The van der Waals surface area contributed by atoms with Crippen LogP contribution in [0.5, 0.6) is 0 Å². The first-order chi connectivity index (χ1) is 10.1. The summed E-state index contributed by atoms with van der Waals surface area (Å²) in [5, 5.41) is 26.9. The Labute approximate surface area is 124 Å². The topological polar surface area (TPSA) is 90.1 Å². The number of carboxylic acids is 1. The number of nitrogens with zero attached hydrogens (tertiary/aromatic N) is 4. The van der Waals surface area contributed by atoms with E-state index in [0.29, 0.717) is 24.0 Å². The third-order valence-electron chi connectivity index (χ3n) is 3.77. The Morgan fingerprint density at radius 3 is 2.57 bits per heavy atom. The molecule has 1 N–H and O–H groups in total. The summed E-state index contributed by atoms with van der Waals surface area (Å²) in [5.74, 6) is -0.289. The first kappa shape index (κ1) is 15.2. The Morgan fingerprint density at radius 2 is 2.10 bits per heavy atom. The Balaban J connectivity index is 2.40. The van der Waals surface area contributed by atoms with Gasteiger partial charge in [-0.2, -0.15) is 10.4 Å². The molecule has 21 heavy (non-hydrogen) atoms. The molecular formula is C15H20N4O2. The number of nitriles is 1. The number of carbonyl (C=O) groups is 1. The van der Waals surface area contributed by atoms with E-state index < -0.39 is 5.97 Å². The minimum atomic E-state index is -0.840. The first-order valence-electron chi connectivity index (χ1n) is 7.39. The molecule has 0 atom stereocenters. The van der Waals surface area contributed by atoms with E-state index in [9.17, 15) is 10.1 Å². The highest BCUT2D eigenvalue weighted by Gasteiger charge is 2.32. The van der Waals surface area contributed by atoms with Crippen molar-refractivity contribution in [3.63, 3.8) is 0 Å². The van der Waals surface area contributed by atoms with Crippen LogP contribution in [-0.4, -0.2) is 33.9 Å². The fourth-order valence-corrected chi connectivity index (χ4v) is 2.54. The molecule has 1 aliphatic rings. The van der Waals surface area contributed by atoms with Crippen LogP contribution in [0.3, 0.4) is 0 Å². The lowest BCUT2D eigenvalue weighted by Gasteiger charge is -2.24. The van der Waals surface area contributed by atoms with Crippen LogP contribution in [0, 0.1) is 11.3 Å². The van der Waals surface area contributed by atoms with E-state index in [-0.39, 0.29) is 6.42 Å². The normalized spacial score (nSPS) is 13.8. The molecule has 0 aliphatic heterocycles. The molecule has 1 aromatic heterocycles. The van der Waals surface area contributed by atoms with Crippen LogP contribution >= 0.6 is 0 Å². The summed E-state index contributed by atoms with van der Waals surface area (Å²) in [6.07, 6.45) is 3.54. The second-order valence-electron chi connectivity index (χ2n) is 5.21. The summed E-state index contributed by atoms with van der Waals surface area (Å²) in [7, 11) is 0. The molecule has 0 spiro atoms. The van der Waals surface area contributed by atoms with Gasteiger partial charge < -0.3 is 10.0 Å². The number of rotatable bonds is 7. The van der Waals surface area contributed by atoms with E-state index in [1.807, 2.05) is 18.7 Å². The molecule has 1 fully saturated rings. The van der Waals surface area contributed by atoms with Crippen molar-refractivity contribution in [1.29, 1.82) is 5.26 Å². The van der Waals surface area contributed by atoms with Crippen LogP contribution in [0.25, 0.3) is 0 Å². The standard InChI is InChI=1S/C15H20N4O2/c1-3-11-12(9-16)15(18-17-13(11)4-2)19(10-5-6-10)8-7-14(20)21/h10H,3-8H2,1-2H3,(H,20,21). The number of aryl methyl sites for hydroxylation is 1. The van der Waals surface area contributed by atoms with Crippen molar-refractivity contribution in [3.05, 3.63) is 16.8 Å². The molecule has 0 unspecified atom stereocenters. The smallest absolute Gasteiger partial charge is 0.305 e. The maximum atomic E-state index is 10.8. The van der Waals surface area contributed by atoms with E-state index in [2.05, 4.69) is 16.3 Å². The Morgan fingerprint density at radius 1 is 1.38 bits per heavy atom. The lowest BCUT2D eigenvalue weighted by Crippen LogP contribution is -2.31. The molecule has 6 nitrogen and oxygen atoms in total. The van der Waals surface area contributed by atoms with Gasteiger partial charge >= 0.3 is 5.97 Å². The van der Waals surface area contributed by atoms with Crippen molar-refractivity contribution in [2.75, 3.05) is 11.4 Å². The molecule has 0 radical (unpaired) electrons. The van der Waals surface area contributed by atoms with Crippen LogP contribution in [0.4, 0.5) is 5.82 Å². The zero-order chi connectivity index (χ0) is 15.4. The van der Waals surface area contributed by atoms with E-state index >= 15 is 0 Å². The van der Waals surface area contributed by atoms with E-state index in [1.165, 1.54) is 0 Å². The predicted molar refractivity (Wildman–Crippen MR) is 78.1 cm³/mol. The van der Waals surface area contributed by atoms with Gasteiger partial charge in [-0.25, -0.2) is 0 Å². The van der Waals surface area contributed by atoms with Crippen molar-refractivity contribution < 1.29 is 9.90 Å². The Kier molecular flexibility index (Phi) is 4.73. The molecule has 6 heteroatoms. The van der Waals surface area contributed by atoms with Gasteiger partial charge in [0.05, 0.1) is 12.1 Å². The molecule has 1 aliphatic carbocycles. The van der Waals surface area contributed by atoms with E-state index in [1.54, 1.807) is 0 Å². The molecule has 0 saturated heterocycles. The van der Waals surface area contributed by atoms with Crippen molar-refractivity contribution in [3.8, 4) is 6.07 Å². The van der Waals surface area contributed by atoms with Crippen LogP contribution in [0.2, 0.25) is 0 Å². The number of hydrogen-bond acceptors (Lipinski definition) is 5. The molecule has 2 rings (SSSR count). The quantitative estimate of drug-likeness (QED) is 0.824. The van der Waals surface area contributed by atoms with Crippen LogP contribution in [-0.2, 0) is 17.6 Å². The fourth-order valence-electron chi connectivity index (χ4n) is 2.54. The minimum Gasteiger partial charge on any atom is -0.481 e. The van der Waals surface area contributed by atoms with Crippen LogP contribution < -0.4 is 4.90 Å². The van der Waals surface area contributed by atoms with Gasteiger partial charge in [0, 0.05) is 12.6 Å². The summed E-state index contributed by atoms with van der Waals surface area (Å²) in [6, 6.07) is 2.54. The van der Waals surface area contributed by atoms with Gasteiger partial charge in [0.1, 0.15) is 11.6 Å². The van der Waals surface area contributed by atoms with Gasteiger partial charge in [-0.1, -0.05) is 13.8 Å². The highest BCUT2D eigenvalue weighted by atomic mass is 16.4. The zero-order valence-electron chi connectivity index (χ0n) is 12.5. The molecule has 1 saturated carbocycles. The predicted octanol–water partition coefficient (Wildman–Crippen LogP) is 1.92. The van der Waals surface area contributed by atoms with Gasteiger partial charge in [0.25, 0.3) is 0 Å². The SMILES string of the molecule is CCc1nnc(N(CCC(=O)O)C2CC2)c(C#N)c1CC. The zero-order valence-corrected chi connectivity index (χ0v) is 12.5. The van der Waals surface area contributed by atoms with Gasteiger partial charge in [-0.05, 0) is 31.2 Å². The average Bonchev–Trinajstić information content (AvgIpc) is 3.30. The highest BCUT2D eigenvalue weighted by molar-refractivity contribution is 5.68. The summed E-state index contributed by atoms with van der Waals surface area (Å²) >= 11 is 0. The summed E-state index contributed by atoms with van der Waals surface area (Å²) in [5.41, 5.74) is 2.35. The summed E-state index contributed by atoms with van der Waals surface area (Å²) in [4.78, 5) is 12.8. The lowest BCUT2D eigenvalue weighted by atomic mass is 10.0. The van der Waals surface area contributed by atoms with Crippen molar-refractivity contribution in [2.45, 2.75) is 52.0 Å². The summed E-state index contributed by atoms with van der Waals surface area (Å²) in [6.45, 7) is 4.37. The molecular weight excluding hydrogens is 268 g/mol. The van der Waals surface area contributed by atoms with Crippen LogP contribution in [0.1, 0.15) is 49.9 Å². The minimum absolute atomic E-state index is 0.0417. The van der Waals surface area contributed by atoms with E-state index in [0.717, 1.165) is 36.9 Å². The molecule has 1 heterocycles. The number of carboxylic acid groups (broad SMARTS) is 1. The molecule has 1 aromatic rings. The number of aliphatic carboxylic acids is 1. The molecule has 0 amide bonds.